The van der Waals surface area contributed by atoms with Gasteiger partial charge in [-0.3, -0.25) is 0 Å². The minimum absolute atomic E-state index is 0.344. The minimum Gasteiger partial charge on any atom is -0.371 e. The molecule has 0 atom stereocenters. The van der Waals surface area contributed by atoms with Crippen molar-refractivity contribution in [2.45, 2.75) is 12.7 Å². The van der Waals surface area contributed by atoms with Gasteiger partial charge in [-0.15, -0.1) is 0 Å². The molecule has 0 unspecified atom stereocenters. The highest BCUT2D eigenvalue weighted by molar-refractivity contribution is 6.30. The monoisotopic (exact) mass is 198 g/mol. The highest BCUT2D eigenvalue weighted by atomic mass is 35.5. The van der Waals surface area contributed by atoms with E-state index in [2.05, 4.69) is 10.3 Å². The Kier molecular flexibility index (Phi) is 2.78. The normalized spacial score (nSPS) is 17.0. The lowest BCUT2D eigenvalue weighted by molar-refractivity contribution is 0.00751. The molecule has 1 aliphatic heterocycles. The first-order chi connectivity index (χ1) is 6.36. The Balaban J connectivity index is 1.89. The van der Waals surface area contributed by atoms with Gasteiger partial charge in [-0.25, -0.2) is 4.98 Å². The van der Waals surface area contributed by atoms with Crippen molar-refractivity contribution in [3.8, 4) is 0 Å². The molecule has 1 N–H and O–H groups in total. The van der Waals surface area contributed by atoms with Crippen LogP contribution in [-0.2, 0) is 11.3 Å². The fourth-order valence-corrected chi connectivity index (χ4v) is 1.29. The van der Waals surface area contributed by atoms with Crippen LogP contribution in [0.15, 0.2) is 18.3 Å². The summed E-state index contributed by atoms with van der Waals surface area (Å²) in [6, 6.07) is 3.80. The summed E-state index contributed by atoms with van der Waals surface area (Å²) in [6.07, 6.45) is 2.02. The fraction of sp³-hybridized carbons (Fsp3) is 0.444. The fourth-order valence-electron chi connectivity index (χ4n) is 1.11. The molecule has 4 heteroatoms. The third-order valence-electron chi connectivity index (χ3n) is 2.05. The van der Waals surface area contributed by atoms with E-state index in [0.717, 1.165) is 18.7 Å². The first kappa shape index (κ1) is 8.94. The zero-order chi connectivity index (χ0) is 9.10. The zero-order valence-corrected chi connectivity index (χ0v) is 7.92. The van der Waals surface area contributed by atoms with Crippen LogP contribution in [0.4, 0.5) is 0 Å². The molecule has 1 aromatic rings. The van der Waals surface area contributed by atoms with Crippen LogP contribution in [-0.4, -0.2) is 24.2 Å². The van der Waals surface area contributed by atoms with E-state index < -0.39 is 0 Å². The van der Waals surface area contributed by atoms with Gasteiger partial charge in [0.25, 0.3) is 0 Å². The topological polar surface area (TPSA) is 34.1 Å². The largest absolute Gasteiger partial charge is 0.371 e. The van der Waals surface area contributed by atoms with E-state index in [1.165, 1.54) is 0 Å². The van der Waals surface area contributed by atoms with E-state index >= 15 is 0 Å². The van der Waals surface area contributed by atoms with Crippen LogP contribution >= 0.6 is 11.6 Å². The Morgan fingerprint density at radius 3 is 3.08 bits per heavy atom. The maximum atomic E-state index is 5.86. The molecule has 0 bridgehead atoms. The van der Waals surface area contributed by atoms with Gasteiger partial charge < -0.3 is 10.1 Å². The predicted molar refractivity (Wildman–Crippen MR) is 50.7 cm³/mol. The van der Waals surface area contributed by atoms with Crippen LogP contribution in [0, 0.1) is 0 Å². The Morgan fingerprint density at radius 2 is 2.46 bits per heavy atom. The van der Waals surface area contributed by atoms with Gasteiger partial charge in [-0.2, -0.15) is 0 Å². The van der Waals surface area contributed by atoms with Crippen molar-refractivity contribution >= 4 is 11.6 Å². The SMILES string of the molecule is Clc1ncccc1COC1CNC1. The molecule has 0 aliphatic carbocycles. The zero-order valence-electron chi connectivity index (χ0n) is 7.16. The van der Waals surface area contributed by atoms with Crippen LogP contribution in [0.25, 0.3) is 0 Å². The Hall–Kier alpha value is -0.640. The molecule has 2 rings (SSSR count). The highest BCUT2D eigenvalue weighted by Crippen LogP contribution is 2.13. The molecule has 1 aromatic heterocycles. The summed E-state index contributed by atoms with van der Waals surface area (Å²) >= 11 is 5.86. The number of nitrogens with one attached hydrogen (secondary N) is 1. The summed E-state index contributed by atoms with van der Waals surface area (Å²) in [5.74, 6) is 0. The van der Waals surface area contributed by atoms with E-state index in [1.54, 1.807) is 6.20 Å². The summed E-state index contributed by atoms with van der Waals surface area (Å²) < 4.78 is 5.56. The molecule has 1 saturated heterocycles. The van der Waals surface area contributed by atoms with Gasteiger partial charge in [0.2, 0.25) is 0 Å². The Morgan fingerprint density at radius 1 is 1.62 bits per heavy atom. The van der Waals surface area contributed by atoms with Gasteiger partial charge in [0.15, 0.2) is 0 Å². The summed E-state index contributed by atoms with van der Waals surface area (Å²) in [4.78, 5) is 3.97. The average Bonchev–Trinajstić information content (AvgIpc) is 2.05. The Bertz CT molecular complexity index is 289. The van der Waals surface area contributed by atoms with E-state index in [1.807, 2.05) is 12.1 Å². The van der Waals surface area contributed by atoms with Crippen molar-refractivity contribution < 1.29 is 4.74 Å². The third-order valence-corrected chi connectivity index (χ3v) is 2.40. The van der Waals surface area contributed by atoms with E-state index in [-0.39, 0.29) is 0 Å². The maximum Gasteiger partial charge on any atom is 0.134 e. The smallest absolute Gasteiger partial charge is 0.134 e. The standard InChI is InChI=1S/C9H11ClN2O/c10-9-7(2-1-3-12-9)6-13-8-4-11-5-8/h1-3,8,11H,4-6H2. The molecule has 0 amide bonds. The van der Waals surface area contributed by atoms with E-state index in [0.29, 0.717) is 17.9 Å². The summed E-state index contributed by atoms with van der Waals surface area (Å²) in [7, 11) is 0. The number of rotatable bonds is 3. The number of halogens is 1. The Labute approximate surface area is 82.1 Å². The van der Waals surface area contributed by atoms with Gasteiger partial charge in [0.1, 0.15) is 5.15 Å². The first-order valence-electron chi connectivity index (χ1n) is 4.28. The predicted octanol–water partition coefficient (Wildman–Crippen LogP) is 1.22. The van der Waals surface area contributed by atoms with Crippen molar-refractivity contribution in [2.75, 3.05) is 13.1 Å². The second-order valence-electron chi connectivity index (χ2n) is 3.04. The summed E-state index contributed by atoms with van der Waals surface area (Å²) in [5.41, 5.74) is 0.955. The molecule has 0 aromatic carbocycles. The van der Waals surface area contributed by atoms with Crippen LogP contribution in [0.1, 0.15) is 5.56 Å². The molecule has 3 nitrogen and oxygen atoms in total. The van der Waals surface area contributed by atoms with E-state index in [4.69, 9.17) is 16.3 Å². The van der Waals surface area contributed by atoms with Crippen LogP contribution in [0.2, 0.25) is 5.15 Å². The lowest BCUT2D eigenvalue weighted by atomic mass is 10.2. The lowest BCUT2D eigenvalue weighted by Gasteiger charge is -2.27. The van der Waals surface area contributed by atoms with Crippen LogP contribution in [0.3, 0.4) is 0 Å². The molecule has 1 aliphatic rings. The number of aromatic nitrogens is 1. The molecular formula is C9H11ClN2O. The van der Waals surface area contributed by atoms with Crippen LogP contribution in [0.5, 0.6) is 0 Å². The van der Waals surface area contributed by atoms with Gasteiger partial charge in [0, 0.05) is 24.8 Å². The molecule has 0 saturated carbocycles. The first-order valence-corrected chi connectivity index (χ1v) is 4.66. The van der Waals surface area contributed by atoms with Gasteiger partial charge in [0.05, 0.1) is 12.7 Å². The van der Waals surface area contributed by atoms with Gasteiger partial charge in [-0.1, -0.05) is 17.7 Å². The molecule has 0 spiro atoms. The van der Waals surface area contributed by atoms with Crippen LogP contribution < -0.4 is 5.32 Å². The number of nitrogens with zero attached hydrogens (tertiary/aromatic N) is 1. The quantitative estimate of drug-likeness (QED) is 0.742. The number of hydrogen-bond donors (Lipinski definition) is 1. The average molecular weight is 199 g/mol. The van der Waals surface area contributed by atoms with Crippen molar-refractivity contribution in [1.29, 1.82) is 0 Å². The third kappa shape index (κ3) is 2.18. The minimum atomic E-state index is 0.344. The molecule has 2 heterocycles. The summed E-state index contributed by atoms with van der Waals surface area (Å²) in [6.45, 7) is 2.44. The van der Waals surface area contributed by atoms with Crippen molar-refractivity contribution in [1.82, 2.24) is 10.3 Å². The number of pyridine rings is 1. The molecule has 0 radical (unpaired) electrons. The maximum absolute atomic E-state index is 5.86. The van der Waals surface area contributed by atoms with Crippen molar-refractivity contribution in [3.05, 3.63) is 29.0 Å². The van der Waals surface area contributed by atoms with Gasteiger partial charge in [-0.05, 0) is 6.07 Å². The second-order valence-corrected chi connectivity index (χ2v) is 3.40. The second kappa shape index (κ2) is 4.05. The number of ether oxygens (including phenoxy) is 1. The number of hydrogen-bond acceptors (Lipinski definition) is 3. The van der Waals surface area contributed by atoms with Crippen molar-refractivity contribution in [3.63, 3.8) is 0 Å². The highest BCUT2D eigenvalue weighted by Gasteiger charge is 2.17. The summed E-state index contributed by atoms with van der Waals surface area (Å²) in [5, 5.41) is 3.68. The molecule has 70 valence electrons. The molecule has 13 heavy (non-hydrogen) atoms. The molecule has 1 fully saturated rings. The van der Waals surface area contributed by atoms with E-state index in [9.17, 15) is 0 Å². The molecular weight excluding hydrogens is 188 g/mol. The van der Waals surface area contributed by atoms with Crippen molar-refractivity contribution in [2.24, 2.45) is 0 Å². The van der Waals surface area contributed by atoms with Gasteiger partial charge >= 0.3 is 0 Å². The lowest BCUT2D eigenvalue weighted by Crippen LogP contribution is -2.48.